The lowest BCUT2D eigenvalue weighted by atomic mass is 9.95. The molecule has 2 nitrogen and oxygen atoms in total. The molecule has 1 saturated heterocycles. The summed E-state index contributed by atoms with van der Waals surface area (Å²) in [7, 11) is 0. The zero-order valence-electron chi connectivity index (χ0n) is 12.0. The van der Waals surface area contributed by atoms with E-state index in [1.54, 1.807) is 0 Å². The van der Waals surface area contributed by atoms with Gasteiger partial charge < -0.3 is 5.32 Å². The molecule has 0 bridgehead atoms. The van der Waals surface area contributed by atoms with Crippen LogP contribution in [0, 0.1) is 13.8 Å². The fourth-order valence-electron chi connectivity index (χ4n) is 2.75. The average Bonchev–Trinajstić information content (AvgIpc) is 2.40. The summed E-state index contributed by atoms with van der Waals surface area (Å²) in [6.45, 7) is 7.46. The van der Waals surface area contributed by atoms with E-state index in [1.807, 2.05) is 26.0 Å². The number of halogens is 3. The van der Waals surface area contributed by atoms with Crippen LogP contribution in [0.4, 0.5) is 8.78 Å². The Morgan fingerprint density at radius 2 is 1.85 bits per heavy atom. The highest BCUT2D eigenvalue weighted by molar-refractivity contribution is 5.85. The lowest BCUT2D eigenvalue weighted by molar-refractivity contribution is 0.0737. The number of nitrogens with one attached hydrogen (secondary N) is 1. The predicted molar refractivity (Wildman–Crippen MR) is 81.0 cm³/mol. The first-order chi connectivity index (χ1) is 9.08. The minimum absolute atomic E-state index is 0. The van der Waals surface area contributed by atoms with Crippen molar-refractivity contribution in [3.05, 3.63) is 34.9 Å². The van der Waals surface area contributed by atoms with Crippen molar-refractivity contribution in [2.75, 3.05) is 26.2 Å². The molecule has 5 heteroatoms. The van der Waals surface area contributed by atoms with Gasteiger partial charge in [-0.25, -0.2) is 8.78 Å². The zero-order valence-corrected chi connectivity index (χ0v) is 12.9. The third-order valence-corrected chi connectivity index (χ3v) is 3.79. The van der Waals surface area contributed by atoms with Gasteiger partial charge >= 0.3 is 0 Å². The molecule has 1 aliphatic heterocycles. The van der Waals surface area contributed by atoms with Crippen LogP contribution in [-0.4, -0.2) is 37.5 Å². The highest BCUT2D eigenvalue weighted by Gasteiger charge is 2.26. The second kappa shape index (κ2) is 7.91. The third kappa shape index (κ3) is 4.40. The second-order valence-corrected chi connectivity index (χ2v) is 5.29. The Kier molecular flexibility index (Phi) is 6.86. The average molecular weight is 305 g/mol. The minimum atomic E-state index is -2.26. The normalized spacial score (nSPS) is 17.9. The summed E-state index contributed by atoms with van der Waals surface area (Å²) in [4.78, 5) is 2.18. The Bertz CT molecular complexity index is 420. The molecule has 1 fully saturated rings. The van der Waals surface area contributed by atoms with Gasteiger partial charge in [0.15, 0.2) is 0 Å². The number of aryl methyl sites for hydroxylation is 2. The first-order valence-electron chi connectivity index (χ1n) is 6.88. The number of benzene rings is 1. The molecule has 1 N–H and O–H groups in total. The maximum absolute atomic E-state index is 12.9. The molecule has 0 aliphatic carbocycles. The third-order valence-electron chi connectivity index (χ3n) is 3.79. The van der Waals surface area contributed by atoms with E-state index in [4.69, 9.17) is 0 Å². The maximum atomic E-state index is 12.9. The topological polar surface area (TPSA) is 15.3 Å². The molecule has 1 heterocycles. The smallest absolute Gasteiger partial charge is 0.240 e. The van der Waals surface area contributed by atoms with Gasteiger partial charge in [0, 0.05) is 38.6 Å². The molecule has 1 aliphatic rings. The van der Waals surface area contributed by atoms with Gasteiger partial charge in [0.2, 0.25) is 6.43 Å². The van der Waals surface area contributed by atoms with Gasteiger partial charge in [0.1, 0.15) is 0 Å². The Morgan fingerprint density at radius 3 is 2.45 bits per heavy atom. The zero-order chi connectivity index (χ0) is 13.8. The molecule has 0 unspecified atom stereocenters. The fourth-order valence-corrected chi connectivity index (χ4v) is 2.75. The molecule has 20 heavy (non-hydrogen) atoms. The number of hydrogen-bond acceptors (Lipinski definition) is 2. The number of piperazine rings is 1. The van der Waals surface area contributed by atoms with Crippen LogP contribution < -0.4 is 5.32 Å². The molecule has 1 atom stereocenters. The van der Waals surface area contributed by atoms with E-state index in [9.17, 15) is 8.78 Å². The highest BCUT2D eigenvalue weighted by Crippen LogP contribution is 2.30. The molecule has 1 aromatic rings. The molecular weight excluding hydrogens is 282 g/mol. The second-order valence-electron chi connectivity index (χ2n) is 5.29. The summed E-state index contributed by atoms with van der Waals surface area (Å²) in [6, 6.07) is 5.97. The number of nitrogens with zero attached hydrogens (tertiary/aromatic N) is 1. The highest BCUT2D eigenvalue weighted by atomic mass is 35.5. The molecule has 2 rings (SSSR count). The van der Waals surface area contributed by atoms with Gasteiger partial charge in [0.05, 0.1) is 0 Å². The van der Waals surface area contributed by atoms with E-state index >= 15 is 0 Å². The van der Waals surface area contributed by atoms with E-state index in [0.29, 0.717) is 0 Å². The summed E-state index contributed by atoms with van der Waals surface area (Å²) in [5, 5.41) is 3.27. The summed E-state index contributed by atoms with van der Waals surface area (Å²) in [5.41, 5.74) is 3.30. The van der Waals surface area contributed by atoms with Crippen LogP contribution in [0.2, 0.25) is 0 Å². The van der Waals surface area contributed by atoms with Crippen molar-refractivity contribution in [2.45, 2.75) is 32.7 Å². The van der Waals surface area contributed by atoms with Crippen molar-refractivity contribution in [2.24, 2.45) is 0 Å². The summed E-state index contributed by atoms with van der Waals surface area (Å²) >= 11 is 0. The lowest BCUT2D eigenvalue weighted by Crippen LogP contribution is -2.45. The first-order valence-corrected chi connectivity index (χ1v) is 6.88. The van der Waals surface area contributed by atoms with E-state index in [0.717, 1.165) is 42.9 Å². The van der Waals surface area contributed by atoms with E-state index in [2.05, 4.69) is 16.3 Å². The summed E-state index contributed by atoms with van der Waals surface area (Å²) in [6.07, 6.45) is -2.34. The lowest BCUT2D eigenvalue weighted by Gasteiger charge is -2.36. The molecule has 0 radical (unpaired) electrons. The summed E-state index contributed by atoms with van der Waals surface area (Å²) in [5.74, 6) is 0. The maximum Gasteiger partial charge on any atom is 0.240 e. The van der Waals surface area contributed by atoms with Crippen molar-refractivity contribution >= 4 is 12.4 Å². The van der Waals surface area contributed by atoms with Crippen LogP contribution in [0.25, 0.3) is 0 Å². The largest absolute Gasteiger partial charge is 0.314 e. The van der Waals surface area contributed by atoms with Gasteiger partial charge in [-0.2, -0.15) is 0 Å². The first kappa shape index (κ1) is 17.3. The van der Waals surface area contributed by atoms with Crippen molar-refractivity contribution < 1.29 is 8.78 Å². The fraction of sp³-hybridized carbons (Fsp3) is 0.600. The monoisotopic (exact) mass is 304 g/mol. The van der Waals surface area contributed by atoms with Gasteiger partial charge in [-0.3, -0.25) is 4.90 Å². The van der Waals surface area contributed by atoms with Crippen molar-refractivity contribution in [3.8, 4) is 0 Å². The SMILES string of the molecule is Cc1ccc(C)c([C@H](CC(F)F)N2CCNCC2)c1.Cl. The van der Waals surface area contributed by atoms with Crippen LogP contribution >= 0.6 is 12.4 Å². The molecule has 0 spiro atoms. The number of alkyl halides is 2. The van der Waals surface area contributed by atoms with Gasteiger partial charge in [-0.1, -0.05) is 23.8 Å². The molecule has 0 amide bonds. The standard InChI is InChI=1S/C15H22F2N2.ClH/c1-11-3-4-12(2)13(9-11)14(10-15(16)17)19-7-5-18-6-8-19;/h3-4,9,14-15,18H,5-8,10H2,1-2H3;1H/t14-;/m0./s1. The quantitative estimate of drug-likeness (QED) is 0.918. The van der Waals surface area contributed by atoms with E-state index in [-0.39, 0.29) is 24.9 Å². The predicted octanol–water partition coefficient (Wildman–Crippen LogP) is 3.33. The van der Waals surface area contributed by atoms with Gasteiger partial charge in [-0.05, 0) is 25.0 Å². The van der Waals surface area contributed by atoms with Crippen LogP contribution in [0.15, 0.2) is 18.2 Å². The Balaban J connectivity index is 0.00000200. The van der Waals surface area contributed by atoms with Crippen molar-refractivity contribution in [3.63, 3.8) is 0 Å². The van der Waals surface area contributed by atoms with Crippen molar-refractivity contribution in [1.29, 1.82) is 0 Å². The molecule has 1 aromatic carbocycles. The van der Waals surface area contributed by atoms with Gasteiger partial charge in [0.25, 0.3) is 0 Å². The molecule has 0 saturated carbocycles. The van der Waals surface area contributed by atoms with Crippen LogP contribution in [0.5, 0.6) is 0 Å². The molecular formula is C15H23ClF2N2. The van der Waals surface area contributed by atoms with Crippen LogP contribution in [0.1, 0.15) is 29.2 Å². The van der Waals surface area contributed by atoms with Gasteiger partial charge in [-0.15, -0.1) is 12.4 Å². The summed E-state index contributed by atoms with van der Waals surface area (Å²) < 4.78 is 25.8. The Hall–Kier alpha value is -0.710. The Morgan fingerprint density at radius 1 is 1.20 bits per heavy atom. The number of rotatable bonds is 4. The minimum Gasteiger partial charge on any atom is -0.314 e. The van der Waals surface area contributed by atoms with E-state index < -0.39 is 6.43 Å². The van der Waals surface area contributed by atoms with Crippen LogP contribution in [-0.2, 0) is 0 Å². The molecule has 0 aromatic heterocycles. The van der Waals surface area contributed by atoms with Crippen molar-refractivity contribution in [1.82, 2.24) is 10.2 Å². The molecule has 114 valence electrons. The van der Waals surface area contributed by atoms with Crippen LogP contribution in [0.3, 0.4) is 0 Å². The van der Waals surface area contributed by atoms with E-state index in [1.165, 1.54) is 0 Å². The number of hydrogen-bond donors (Lipinski definition) is 1. The Labute approximate surface area is 126 Å².